The smallest absolute Gasteiger partial charge is 0.132 e. The van der Waals surface area contributed by atoms with Gasteiger partial charge in [-0.2, -0.15) is 0 Å². The van der Waals surface area contributed by atoms with Gasteiger partial charge in [-0.1, -0.05) is 54.9 Å². The Balaban J connectivity index is 2.46. The average Bonchev–Trinajstić information content (AvgIpc) is 2.47. The lowest BCUT2D eigenvalue weighted by Crippen LogP contribution is -2.18. The van der Waals surface area contributed by atoms with E-state index in [0.29, 0.717) is 6.61 Å². The zero-order chi connectivity index (χ0) is 14.4. The van der Waals surface area contributed by atoms with Crippen LogP contribution in [-0.2, 0) is 0 Å². The van der Waals surface area contributed by atoms with E-state index in [4.69, 9.17) is 16.3 Å². The molecular formula is C17H20ClNO. The van der Waals surface area contributed by atoms with Crippen molar-refractivity contribution in [1.82, 2.24) is 5.32 Å². The van der Waals surface area contributed by atoms with Gasteiger partial charge in [0.25, 0.3) is 0 Å². The summed E-state index contributed by atoms with van der Waals surface area (Å²) in [5.41, 5.74) is 2.66. The van der Waals surface area contributed by atoms with Crippen LogP contribution in [0, 0.1) is 0 Å². The van der Waals surface area contributed by atoms with E-state index in [-0.39, 0.29) is 6.04 Å². The van der Waals surface area contributed by atoms with Crippen LogP contribution in [0.2, 0.25) is 0 Å². The number of ether oxygens (including phenoxy) is 1. The van der Waals surface area contributed by atoms with E-state index in [1.54, 1.807) is 6.08 Å². The third kappa shape index (κ3) is 3.33. The molecule has 0 saturated heterocycles. The van der Waals surface area contributed by atoms with Crippen molar-refractivity contribution < 1.29 is 4.74 Å². The van der Waals surface area contributed by atoms with Gasteiger partial charge in [0.15, 0.2) is 0 Å². The fourth-order valence-electron chi connectivity index (χ4n) is 2.35. The highest BCUT2D eigenvalue weighted by atomic mass is 35.5. The van der Waals surface area contributed by atoms with E-state index in [9.17, 15) is 0 Å². The van der Waals surface area contributed by atoms with Crippen molar-refractivity contribution in [3.8, 4) is 5.75 Å². The van der Waals surface area contributed by atoms with Crippen LogP contribution in [0.15, 0.2) is 48.0 Å². The molecule has 0 spiro atoms. The molecule has 0 aliphatic carbocycles. The van der Waals surface area contributed by atoms with E-state index in [1.165, 1.54) is 16.5 Å². The molecule has 20 heavy (non-hydrogen) atoms. The Labute approximate surface area is 125 Å². The summed E-state index contributed by atoms with van der Waals surface area (Å²) in [6, 6.07) is 12.8. The number of hydrogen-bond acceptors (Lipinski definition) is 2. The van der Waals surface area contributed by atoms with E-state index in [0.717, 1.165) is 17.7 Å². The van der Waals surface area contributed by atoms with E-state index in [2.05, 4.69) is 43.4 Å². The van der Waals surface area contributed by atoms with Crippen LogP contribution in [0.25, 0.3) is 10.8 Å². The Kier molecular flexibility index (Phi) is 5.45. The largest absolute Gasteiger partial charge is 0.488 e. The van der Waals surface area contributed by atoms with Crippen molar-refractivity contribution in [2.45, 2.75) is 19.9 Å². The fourth-order valence-corrected chi connectivity index (χ4v) is 2.42. The topological polar surface area (TPSA) is 21.3 Å². The number of hydrogen-bond donors (Lipinski definition) is 1. The number of benzene rings is 2. The Morgan fingerprint density at radius 3 is 2.80 bits per heavy atom. The molecule has 2 rings (SSSR count). The van der Waals surface area contributed by atoms with Gasteiger partial charge < -0.3 is 10.1 Å². The number of rotatable bonds is 6. The first kappa shape index (κ1) is 14.9. The van der Waals surface area contributed by atoms with E-state index < -0.39 is 0 Å². The molecule has 106 valence electrons. The van der Waals surface area contributed by atoms with Gasteiger partial charge in [0.1, 0.15) is 12.4 Å². The van der Waals surface area contributed by atoms with Crippen LogP contribution < -0.4 is 10.1 Å². The monoisotopic (exact) mass is 289 g/mol. The molecule has 1 atom stereocenters. The first-order valence-corrected chi connectivity index (χ1v) is 7.34. The molecule has 2 nitrogen and oxygen atoms in total. The summed E-state index contributed by atoms with van der Waals surface area (Å²) in [5.74, 6) is 0.936. The highest BCUT2D eigenvalue weighted by molar-refractivity contribution is 6.25. The van der Waals surface area contributed by atoms with Crippen LogP contribution in [0.1, 0.15) is 25.5 Å². The second kappa shape index (κ2) is 7.32. The molecule has 1 N–H and O–H groups in total. The molecule has 0 heterocycles. The molecule has 0 aromatic heterocycles. The molecule has 0 fully saturated rings. The summed E-state index contributed by atoms with van der Waals surface area (Å²) in [4.78, 5) is 0. The van der Waals surface area contributed by atoms with E-state index in [1.807, 2.05) is 12.1 Å². The summed E-state index contributed by atoms with van der Waals surface area (Å²) in [6.07, 6.45) is 1.80. The molecule has 0 saturated carbocycles. The summed E-state index contributed by atoms with van der Waals surface area (Å²) in [6.45, 7) is 5.66. The number of nitrogens with one attached hydrogen (secondary N) is 1. The van der Waals surface area contributed by atoms with Crippen molar-refractivity contribution in [1.29, 1.82) is 0 Å². The zero-order valence-electron chi connectivity index (χ0n) is 11.9. The lowest BCUT2D eigenvalue weighted by molar-refractivity contribution is 0.359. The third-order valence-corrected chi connectivity index (χ3v) is 3.48. The van der Waals surface area contributed by atoms with Gasteiger partial charge in [0.2, 0.25) is 0 Å². The van der Waals surface area contributed by atoms with Gasteiger partial charge in [0.05, 0.1) is 0 Å². The maximum atomic E-state index is 5.95. The minimum absolute atomic E-state index is 0.250. The third-order valence-electron chi connectivity index (χ3n) is 3.30. The van der Waals surface area contributed by atoms with Crippen molar-refractivity contribution in [3.05, 3.63) is 53.6 Å². The van der Waals surface area contributed by atoms with Gasteiger partial charge in [-0.25, -0.2) is 0 Å². The minimum Gasteiger partial charge on any atom is -0.488 e. The molecule has 0 amide bonds. The number of fused-ring (bicyclic) bond motifs is 1. The van der Waals surface area contributed by atoms with Gasteiger partial charge in [-0.15, -0.1) is 0 Å². The standard InChI is InChI=1S/C17H20ClNO/c1-3-19-13(2)15-10-9-14-7-4-5-8-16(14)17(15)20-12-6-11-18/h4-11,13,19H,3,12H2,1-2H3/b11-6+. The fraction of sp³-hybridized carbons (Fsp3) is 0.294. The van der Waals surface area contributed by atoms with Crippen molar-refractivity contribution >= 4 is 22.4 Å². The zero-order valence-corrected chi connectivity index (χ0v) is 12.7. The van der Waals surface area contributed by atoms with Gasteiger partial charge in [-0.05, 0) is 24.9 Å². The molecule has 3 heteroatoms. The Hall–Kier alpha value is -1.51. The summed E-state index contributed by atoms with van der Waals surface area (Å²) in [7, 11) is 0. The van der Waals surface area contributed by atoms with Crippen LogP contribution >= 0.6 is 11.6 Å². The Bertz CT molecular complexity index is 595. The highest BCUT2D eigenvalue weighted by Crippen LogP contribution is 2.33. The van der Waals surface area contributed by atoms with Gasteiger partial charge in [0, 0.05) is 22.5 Å². The lowest BCUT2D eigenvalue weighted by Gasteiger charge is -2.19. The summed E-state index contributed by atoms with van der Waals surface area (Å²) < 4.78 is 5.95. The first-order chi connectivity index (χ1) is 9.77. The maximum Gasteiger partial charge on any atom is 0.132 e. The normalized spacial score (nSPS) is 12.9. The van der Waals surface area contributed by atoms with Crippen LogP contribution in [0.5, 0.6) is 5.75 Å². The molecule has 0 aliphatic rings. The van der Waals surface area contributed by atoms with Crippen molar-refractivity contribution in [2.75, 3.05) is 13.2 Å². The molecule has 2 aromatic carbocycles. The van der Waals surface area contributed by atoms with Crippen LogP contribution in [0.4, 0.5) is 0 Å². The molecular weight excluding hydrogens is 270 g/mol. The molecule has 0 bridgehead atoms. The Morgan fingerprint density at radius 2 is 2.05 bits per heavy atom. The highest BCUT2D eigenvalue weighted by Gasteiger charge is 2.13. The van der Waals surface area contributed by atoms with E-state index >= 15 is 0 Å². The lowest BCUT2D eigenvalue weighted by atomic mass is 10.0. The van der Waals surface area contributed by atoms with Crippen molar-refractivity contribution in [3.63, 3.8) is 0 Å². The maximum absolute atomic E-state index is 5.95. The molecule has 2 aromatic rings. The number of halogens is 1. The minimum atomic E-state index is 0.250. The first-order valence-electron chi connectivity index (χ1n) is 6.91. The second-order valence-corrected chi connectivity index (χ2v) is 4.91. The summed E-state index contributed by atoms with van der Waals surface area (Å²) >= 11 is 5.57. The molecule has 0 radical (unpaired) electrons. The predicted molar refractivity (Wildman–Crippen MR) is 86.5 cm³/mol. The predicted octanol–water partition coefficient (Wildman–Crippen LogP) is 4.64. The van der Waals surface area contributed by atoms with Crippen LogP contribution in [-0.4, -0.2) is 13.2 Å². The Morgan fingerprint density at radius 1 is 1.25 bits per heavy atom. The quantitative estimate of drug-likeness (QED) is 0.836. The second-order valence-electron chi connectivity index (χ2n) is 4.66. The van der Waals surface area contributed by atoms with Gasteiger partial charge >= 0.3 is 0 Å². The SMILES string of the molecule is CCNC(C)c1ccc2ccccc2c1OC/C=C/Cl. The molecule has 0 aliphatic heterocycles. The van der Waals surface area contributed by atoms with Gasteiger partial charge in [-0.3, -0.25) is 0 Å². The van der Waals surface area contributed by atoms with Crippen LogP contribution in [0.3, 0.4) is 0 Å². The average molecular weight is 290 g/mol. The summed E-state index contributed by atoms with van der Waals surface area (Å²) in [5, 5.41) is 5.75. The van der Waals surface area contributed by atoms with Crippen molar-refractivity contribution in [2.24, 2.45) is 0 Å². The molecule has 1 unspecified atom stereocenters.